The third-order valence-corrected chi connectivity index (χ3v) is 6.09. The van der Waals surface area contributed by atoms with Gasteiger partial charge < -0.3 is 5.11 Å². The van der Waals surface area contributed by atoms with E-state index in [0.717, 1.165) is 22.4 Å². The summed E-state index contributed by atoms with van der Waals surface area (Å²) in [5.41, 5.74) is 0.324. The van der Waals surface area contributed by atoms with Gasteiger partial charge in [0.2, 0.25) is 0 Å². The molecule has 1 fully saturated rings. The van der Waals surface area contributed by atoms with Crippen molar-refractivity contribution in [1.29, 1.82) is 0 Å². The van der Waals surface area contributed by atoms with Crippen molar-refractivity contribution in [3.8, 4) is 0 Å². The fraction of sp³-hybridized carbons (Fsp3) is 0.304. The van der Waals surface area contributed by atoms with E-state index in [1.165, 1.54) is 6.07 Å². The molecule has 4 nitrogen and oxygen atoms in total. The Bertz CT molecular complexity index is 1120. The summed E-state index contributed by atoms with van der Waals surface area (Å²) >= 11 is 5.84. The lowest BCUT2D eigenvalue weighted by molar-refractivity contribution is -0.143. The third kappa shape index (κ3) is 4.52. The van der Waals surface area contributed by atoms with Crippen molar-refractivity contribution < 1.29 is 23.1 Å². The van der Waals surface area contributed by atoms with E-state index < -0.39 is 29.7 Å². The number of hydrogen-bond donors (Lipinski definition) is 1. The molecule has 1 aliphatic rings. The molecule has 0 spiro atoms. The van der Waals surface area contributed by atoms with Crippen LogP contribution >= 0.6 is 11.6 Å². The molecule has 0 radical (unpaired) electrons. The number of hydrogen-bond acceptors (Lipinski definition) is 3. The molecule has 1 N–H and O–H groups in total. The Morgan fingerprint density at radius 2 is 1.87 bits per heavy atom. The first kappa shape index (κ1) is 21.6. The molecule has 0 saturated carbocycles. The van der Waals surface area contributed by atoms with Crippen LogP contribution in [0.4, 0.5) is 13.2 Å². The number of nitrogens with zero attached hydrogens (tertiary/aromatic N) is 2. The molecule has 3 aromatic rings. The van der Waals surface area contributed by atoms with Crippen LogP contribution in [-0.4, -0.2) is 34.0 Å². The van der Waals surface area contributed by atoms with E-state index in [2.05, 4.69) is 4.98 Å². The van der Waals surface area contributed by atoms with Crippen LogP contribution in [0, 0.1) is 5.92 Å². The van der Waals surface area contributed by atoms with Gasteiger partial charge in [0.1, 0.15) is 0 Å². The molecular weight excluding hydrogens is 429 g/mol. The number of carboxylic acids is 1. The van der Waals surface area contributed by atoms with Crippen LogP contribution in [0.2, 0.25) is 5.02 Å². The van der Waals surface area contributed by atoms with Gasteiger partial charge in [-0.15, -0.1) is 0 Å². The van der Waals surface area contributed by atoms with Crippen LogP contribution in [-0.2, 0) is 11.0 Å². The second kappa shape index (κ2) is 8.48. The molecule has 2 heterocycles. The number of halogens is 4. The zero-order chi connectivity index (χ0) is 22.2. The Morgan fingerprint density at radius 1 is 1.13 bits per heavy atom. The van der Waals surface area contributed by atoms with E-state index in [-0.39, 0.29) is 11.6 Å². The molecule has 1 aromatic heterocycles. The largest absolute Gasteiger partial charge is 0.481 e. The van der Waals surface area contributed by atoms with Gasteiger partial charge in [-0.3, -0.25) is 14.7 Å². The van der Waals surface area contributed by atoms with Crippen molar-refractivity contribution >= 4 is 28.3 Å². The van der Waals surface area contributed by atoms with Crippen LogP contribution < -0.4 is 0 Å². The van der Waals surface area contributed by atoms with Gasteiger partial charge in [-0.05, 0) is 60.2 Å². The topological polar surface area (TPSA) is 53.4 Å². The van der Waals surface area contributed by atoms with Gasteiger partial charge in [-0.25, -0.2) is 0 Å². The standard InChI is InChI=1S/C23H20ClF3N2O2/c24-20-6-5-16(11-19(20)23(25,26)27)21(29-9-1-2-18(13-29)22(30)31)15-3-4-17-12-28-8-7-14(17)10-15/h3-8,10-12,18,21H,1-2,9,13H2,(H,30,31). The van der Waals surface area contributed by atoms with Crippen molar-refractivity contribution in [3.05, 3.63) is 76.6 Å². The number of carboxylic acid groups (broad SMARTS) is 1. The Labute approximate surface area is 182 Å². The first-order valence-corrected chi connectivity index (χ1v) is 10.3. The molecule has 2 atom stereocenters. The highest BCUT2D eigenvalue weighted by atomic mass is 35.5. The van der Waals surface area contributed by atoms with Gasteiger partial charge in [0.25, 0.3) is 0 Å². The number of rotatable bonds is 4. The maximum absolute atomic E-state index is 13.5. The second-order valence-electron chi connectivity index (χ2n) is 7.79. The Morgan fingerprint density at radius 3 is 2.61 bits per heavy atom. The van der Waals surface area contributed by atoms with Crippen molar-refractivity contribution in [3.63, 3.8) is 0 Å². The Hall–Kier alpha value is -2.64. The molecular formula is C23H20ClF3N2O2. The van der Waals surface area contributed by atoms with Crippen molar-refractivity contribution in [2.75, 3.05) is 13.1 Å². The maximum Gasteiger partial charge on any atom is 0.417 e. The van der Waals surface area contributed by atoms with Gasteiger partial charge in [-0.1, -0.05) is 29.8 Å². The van der Waals surface area contributed by atoms with Gasteiger partial charge in [0, 0.05) is 24.3 Å². The highest BCUT2D eigenvalue weighted by Gasteiger charge is 2.36. The van der Waals surface area contributed by atoms with Crippen LogP contribution in [0.5, 0.6) is 0 Å². The average molecular weight is 449 g/mol. The summed E-state index contributed by atoms with van der Waals surface area (Å²) in [4.78, 5) is 17.7. The lowest BCUT2D eigenvalue weighted by Gasteiger charge is -2.38. The highest BCUT2D eigenvalue weighted by molar-refractivity contribution is 6.31. The quantitative estimate of drug-likeness (QED) is 0.548. The van der Waals surface area contributed by atoms with Crippen molar-refractivity contribution in [1.82, 2.24) is 9.88 Å². The summed E-state index contributed by atoms with van der Waals surface area (Å²) < 4.78 is 40.6. The molecule has 4 rings (SSSR count). The highest BCUT2D eigenvalue weighted by Crippen LogP contribution is 2.40. The first-order valence-electron chi connectivity index (χ1n) is 9.91. The second-order valence-corrected chi connectivity index (χ2v) is 8.20. The van der Waals surface area contributed by atoms with E-state index >= 15 is 0 Å². The molecule has 0 amide bonds. The summed E-state index contributed by atoms with van der Waals surface area (Å²) in [7, 11) is 0. The fourth-order valence-corrected chi connectivity index (χ4v) is 4.48. The normalized spacial score (nSPS) is 18.8. The molecule has 162 valence electrons. The number of piperidine rings is 1. The number of alkyl halides is 3. The first-order chi connectivity index (χ1) is 14.7. The Balaban J connectivity index is 1.84. The third-order valence-electron chi connectivity index (χ3n) is 5.76. The van der Waals surface area contributed by atoms with Crippen LogP contribution in [0.1, 0.15) is 35.6 Å². The van der Waals surface area contributed by atoms with Crippen LogP contribution in [0.15, 0.2) is 54.9 Å². The van der Waals surface area contributed by atoms with Gasteiger partial charge in [-0.2, -0.15) is 13.2 Å². The number of fused-ring (bicyclic) bond motifs is 1. The summed E-state index contributed by atoms with van der Waals surface area (Å²) in [6.07, 6.45) is 0.00524. The molecule has 2 unspecified atom stereocenters. The zero-order valence-corrected chi connectivity index (χ0v) is 17.2. The number of likely N-dealkylation sites (tertiary alicyclic amines) is 1. The minimum atomic E-state index is -4.59. The van der Waals surface area contributed by atoms with Crippen molar-refractivity contribution in [2.45, 2.75) is 25.1 Å². The minimum Gasteiger partial charge on any atom is -0.481 e. The zero-order valence-electron chi connectivity index (χ0n) is 16.4. The summed E-state index contributed by atoms with van der Waals surface area (Å²) in [5.74, 6) is -1.45. The van der Waals surface area contributed by atoms with E-state index in [0.29, 0.717) is 24.9 Å². The number of aliphatic carboxylic acids is 1. The molecule has 2 aromatic carbocycles. The number of carbonyl (C=O) groups is 1. The SMILES string of the molecule is O=C(O)C1CCCN(C(c2ccc(Cl)c(C(F)(F)F)c2)c2ccc3cnccc3c2)C1. The summed E-state index contributed by atoms with van der Waals surface area (Å²) in [6.45, 7) is 0.852. The van der Waals surface area contributed by atoms with Gasteiger partial charge in [0.05, 0.1) is 22.5 Å². The summed E-state index contributed by atoms with van der Waals surface area (Å²) in [6, 6.07) is 10.9. The lowest BCUT2D eigenvalue weighted by Crippen LogP contribution is -2.41. The molecule has 8 heteroatoms. The summed E-state index contributed by atoms with van der Waals surface area (Å²) in [5, 5.41) is 11.0. The molecule has 0 bridgehead atoms. The van der Waals surface area contributed by atoms with E-state index in [4.69, 9.17) is 11.6 Å². The van der Waals surface area contributed by atoms with Gasteiger partial charge >= 0.3 is 12.1 Å². The number of benzene rings is 2. The lowest BCUT2D eigenvalue weighted by atomic mass is 9.90. The smallest absolute Gasteiger partial charge is 0.417 e. The number of aromatic nitrogens is 1. The molecule has 1 saturated heterocycles. The maximum atomic E-state index is 13.5. The predicted molar refractivity (Wildman–Crippen MR) is 112 cm³/mol. The van der Waals surface area contributed by atoms with Gasteiger partial charge in [0.15, 0.2) is 0 Å². The monoisotopic (exact) mass is 448 g/mol. The van der Waals surface area contributed by atoms with E-state index in [9.17, 15) is 23.1 Å². The van der Waals surface area contributed by atoms with E-state index in [1.54, 1.807) is 18.5 Å². The molecule has 0 aliphatic carbocycles. The number of pyridine rings is 1. The predicted octanol–water partition coefficient (Wildman–Crippen LogP) is 5.79. The van der Waals surface area contributed by atoms with Crippen molar-refractivity contribution in [2.24, 2.45) is 5.92 Å². The molecule has 1 aliphatic heterocycles. The molecule has 31 heavy (non-hydrogen) atoms. The minimum absolute atomic E-state index is 0.262. The average Bonchev–Trinajstić information content (AvgIpc) is 2.74. The Kier molecular flexibility index (Phi) is 5.90. The van der Waals surface area contributed by atoms with Crippen LogP contribution in [0.3, 0.4) is 0 Å². The van der Waals surface area contributed by atoms with E-state index in [1.807, 2.05) is 29.2 Å². The van der Waals surface area contributed by atoms with Crippen LogP contribution in [0.25, 0.3) is 10.8 Å². The fourth-order valence-electron chi connectivity index (χ4n) is 4.26.